The molecule has 5 heteroatoms. The van der Waals surface area contributed by atoms with Crippen molar-refractivity contribution in [2.75, 3.05) is 26.2 Å². The monoisotopic (exact) mass is 244 g/mol. The Kier molecular flexibility index (Phi) is 7.91. The topological polar surface area (TPSA) is 79.4 Å². The van der Waals surface area contributed by atoms with E-state index in [9.17, 15) is 4.79 Å². The highest BCUT2D eigenvalue weighted by molar-refractivity contribution is 5.68. The van der Waals surface area contributed by atoms with E-state index in [2.05, 4.69) is 0 Å². The number of hydrogen-bond acceptors (Lipinski definition) is 3. The third kappa shape index (κ3) is 8.94. The summed E-state index contributed by atoms with van der Waals surface area (Å²) in [4.78, 5) is 13.5. The molecule has 0 bridgehead atoms. The molecular formula is C12H26N3O2. The van der Waals surface area contributed by atoms with Gasteiger partial charge >= 0.3 is 6.09 Å². The molecule has 0 aromatic rings. The third-order valence-corrected chi connectivity index (χ3v) is 2.14. The molecule has 0 saturated heterocycles. The Bertz CT molecular complexity index is 214. The average molecular weight is 244 g/mol. The standard InChI is InChI=1S/C12H26N3O2/c1-12(2,3)17-11(16)15(10-6-8-14)9-5-4-7-13/h14H,4-10,13H2,1-3H3. The molecule has 1 radical (unpaired) electrons. The van der Waals surface area contributed by atoms with Crippen molar-refractivity contribution < 1.29 is 9.53 Å². The Labute approximate surface area is 104 Å². The normalized spacial score (nSPS) is 11.4. The second kappa shape index (κ2) is 8.31. The Morgan fingerprint density at radius 3 is 2.29 bits per heavy atom. The molecule has 0 unspecified atom stereocenters. The first-order valence-corrected chi connectivity index (χ1v) is 6.23. The molecule has 0 aliphatic heterocycles. The van der Waals surface area contributed by atoms with Crippen molar-refractivity contribution in [3.05, 3.63) is 0 Å². The third-order valence-electron chi connectivity index (χ3n) is 2.14. The zero-order chi connectivity index (χ0) is 13.3. The molecule has 0 heterocycles. The van der Waals surface area contributed by atoms with Crippen LogP contribution in [0.2, 0.25) is 0 Å². The van der Waals surface area contributed by atoms with E-state index in [4.69, 9.17) is 16.2 Å². The summed E-state index contributed by atoms with van der Waals surface area (Å²) in [6.07, 6.45) is 2.18. The zero-order valence-corrected chi connectivity index (χ0v) is 11.3. The minimum atomic E-state index is -0.468. The van der Waals surface area contributed by atoms with Crippen LogP contribution in [0.15, 0.2) is 0 Å². The lowest BCUT2D eigenvalue weighted by Gasteiger charge is -2.27. The summed E-state index contributed by atoms with van der Waals surface area (Å²) in [5.74, 6) is 0. The van der Waals surface area contributed by atoms with Crippen LogP contribution in [0.25, 0.3) is 0 Å². The lowest BCUT2D eigenvalue weighted by molar-refractivity contribution is 0.0246. The van der Waals surface area contributed by atoms with Gasteiger partial charge in [0, 0.05) is 19.6 Å². The number of nitrogens with zero attached hydrogens (tertiary/aromatic N) is 1. The molecule has 5 nitrogen and oxygen atoms in total. The number of amides is 1. The summed E-state index contributed by atoms with van der Waals surface area (Å²) in [7, 11) is 0. The van der Waals surface area contributed by atoms with Crippen LogP contribution in [-0.4, -0.2) is 42.8 Å². The van der Waals surface area contributed by atoms with Crippen LogP contribution in [-0.2, 0) is 4.74 Å². The van der Waals surface area contributed by atoms with E-state index in [1.807, 2.05) is 20.8 Å². The summed E-state index contributed by atoms with van der Waals surface area (Å²) in [5, 5.41) is 0. The summed E-state index contributed by atoms with van der Waals surface area (Å²) >= 11 is 0. The molecule has 0 rings (SSSR count). The number of nitrogens with one attached hydrogen (secondary N) is 1. The SMILES string of the molecule is CC(C)(C)OC(=O)N(CCC[NH])CCCCN. The fourth-order valence-electron chi connectivity index (χ4n) is 1.34. The molecule has 0 aromatic carbocycles. The van der Waals surface area contributed by atoms with Gasteiger partial charge in [-0.25, -0.2) is 4.79 Å². The highest BCUT2D eigenvalue weighted by Gasteiger charge is 2.21. The second-order valence-corrected chi connectivity index (χ2v) is 5.07. The number of rotatable bonds is 7. The van der Waals surface area contributed by atoms with Crippen LogP contribution in [0.5, 0.6) is 0 Å². The summed E-state index contributed by atoms with van der Waals surface area (Å²) in [6, 6.07) is 0. The van der Waals surface area contributed by atoms with Gasteiger partial charge in [-0.05, 0) is 46.6 Å². The first-order valence-electron chi connectivity index (χ1n) is 6.23. The zero-order valence-electron chi connectivity index (χ0n) is 11.3. The van der Waals surface area contributed by atoms with Gasteiger partial charge in [0.25, 0.3) is 0 Å². The minimum Gasteiger partial charge on any atom is -0.444 e. The molecular weight excluding hydrogens is 218 g/mol. The molecule has 0 fully saturated rings. The molecule has 0 aliphatic rings. The molecule has 0 aliphatic carbocycles. The van der Waals surface area contributed by atoms with Crippen LogP contribution in [0.1, 0.15) is 40.0 Å². The van der Waals surface area contributed by atoms with E-state index in [1.54, 1.807) is 4.90 Å². The van der Waals surface area contributed by atoms with Gasteiger partial charge in [-0.1, -0.05) is 0 Å². The molecule has 0 aromatic heterocycles. The van der Waals surface area contributed by atoms with Gasteiger partial charge in [0.05, 0.1) is 0 Å². The van der Waals surface area contributed by atoms with Crippen molar-refractivity contribution in [1.82, 2.24) is 10.6 Å². The number of ether oxygens (including phenoxy) is 1. The van der Waals surface area contributed by atoms with E-state index in [-0.39, 0.29) is 6.09 Å². The Balaban J connectivity index is 4.19. The first kappa shape index (κ1) is 16.2. The van der Waals surface area contributed by atoms with Gasteiger partial charge < -0.3 is 15.4 Å². The highest BCUT2D eigenvalue weighted by atomic mass is 16.6. The Morgan fingerprint density at radius 1 is 1.24 bits per heavy atom. The minimum absolute atomic E-state index is 0.289. The molecule has 101 valence electrons. The first-order chi connectivity index (χ1) is 7.90. The number of carbonyl (C=O) groups excluding carboxylic acids is 1. The van der Waals surface area contributed by atoms with E-state index < -0.39 is 5.60 Å². The number of hydrogen-bond donors (Lipinski definition) is 1. The van der Waals surface area contributed by atoms with Crippen LogP contribution >= 0.6 is 0 Å². The lowest BCUT2D eigenvalue weighted by Crippen LogP contribution is -2.38. The van der Waals surface area contributed by atoms with Gasteiger partial charge in [-0.15, -0.1) is 0 Å². The van der Waals surface area contributed by atoms with E-state index in [0.29, 0.717) is 32.6 Å². The largest absolute Gasteiger partial charge is 0.444 e. The van der Waals surface area contributed by atoms with Crippen molar-refractivity contribution in [2.45, 2.75) is 45.6 Å². The maximum absolute atomic E-state index is 11.9. The summed E-state index contributed by atoms with van der Waals surface area (Å²) < 4.78 is 5.32. The average Bonchev–Trinajstić information content (AvgIpc) is 2.20. The summed E-state index contributed by atoms with van der Waals surface area (Å²) in [6.45, 7) is 7.78. The maximum atomic E-state index is 11.9. The van der Waals surface area contributed by atoms with E-state index >= 15 is 0 Å². The molecule has 1 amide bonds. The van der Waals surface area contributed by atoms with E-state index in [1.165, 1.54) is 0 Å². The van der Waals surface area contributed by atoms with Gasteiger partial charge in [0.2, 0.25) is 0 Å². The van der Waals surface area contributed by atoms with Crippen molar-refractivity contribution in [3.8, 4) is 0 Å². The predicted octanol–water partition coefficient (Wildman–Crippen LogP) is 1.64. The van der Waals surface area contributed by atoms with Crippen molar-refractivity contribution in [1.29, 1.82) is 0 Å². The molecule has 17 heavy (non-hydrogen) atoms. The van der Waals surface area contributed by atoms with Gasteiger partial charge in [-0.2, -0.15) is 0 Å². The Morgan fingerprint density at radius 2 is 1.82 bits per heavy atom. The highest BCUT2D eigenvalue weighted by Crippen LogP contribution is 2.10. The molecule has 0 saturated carbocycles. The number of unbranched alkanes of at least 4 members (excludes halogenated alkanes) is 1. The number of carbonyl (C=O) groups is 1. The quantitative estimate of drug-likeness (QED) is 0.691. The smallest absolute Gasteiger partial charge is 0.410 e. The molecule has 0 spiro atoms. The van der Waals surface area contributed by atoms with Gasteiger partial charge in [-0.3, -0.25) is 5.73 Å². The molecule has 0 atom stereocenters. The summed E-state index contributed by atoms with van der Waals surface area (Å²) in [5.41, 5.74) is 12.1. The second-order valence-electron chi connectivity index (χ2n) is 5.07. The van der Waals surface area contributed by atoms with Gasteiger partial charge in [0.1, 0.15) is 5.60 Å². The lowest BCUT2D eigenvalue weighted by atomic mass is 10.2. The van der Waals surface area contributed by atoms with Crippen LogP contribution in [0, 0.1) is 0 Å². The Hall–Kier alpha value is -0.810. The van der Waals surface area contributed by atoms with Crippen LogP contribution in [0.3, 0.4) is 0 Å². The fourth-order valence-corrected chi connectivity index (χ4v) is 1.34. The van der Waals surface area contributed by atoms with Crippen LogP contribution in [0.4, 0.5) is 4.79 Å². The predicted molar refractivity (Wildman–Crippen MR) is 68.7 cm³/mol. The number of nitrogens with two attached hydrogens (primary N) is 1. The van der Waals surface area contributed by atoms with Gasteiger partial charge in [0.15, 0.2) is 0 Å². The van der Waals surface area contributed by atoms with E-state index in [0.717, 1.165) is 12.8 Å². The fraction of sp³-hybridized carbons (Fsp3) is 0.917. The maximum Gasteiger partial charge on any atom is 0.410 e. The van der Waals surface area contributed by atoms with Crippen molar-refractivity contribution in [3.63, 3.8) is 0 Å². The van der Waals surface area contributed by atoms with Crippen LogP contribution < -0.4 is 11.5 Å². The van der Waals surface area contributed by atoms with Crippen molar-refractivity contribution in [2.24, 2.45) is 5.73 Å². The molecule has 3 N–H and O–H groups in total. The van der Waals surface area contributed by atoms with Crippen molar-refractivity contribution >= 4 is 6.09 Å².